The van der Waals surface area contributed by atoms with E-state index in [2.05, 4.69) is 6.04 Å². The first kappa shape index (κ1) is 6.49. The van der Waals surface area contributed by atoms with E-state index in [0.717, 1.165) is 0 Å². The Bertz CT molecular complexity index is 216. The Morgan fingerprint density at radius 2 is 2.50 bits per heavy atom. The molecule has 0 spiro atoms. The van der Waals surface area contributed by atoms with Gasteiger partial charge in [-0.3, -0.25) is 0 Å². The highest BCUT2D eigenvalue weighted by atomic mass is 16.2. The van der Waals surface area contributed by atoms with Crippen LogP contribution in [0.25, 0.3) is 0 Å². The first-order chi connectivity index (χ1) is 4.75. The van der Waals surface area contributed by atoms with Crippen LogP contribution in [0.15, 0.2) is 12.3 Å². The van der Waals surface area contributed by atoms with Crippen molar-refractivity contribution in [3.63, 3.8) is 0 Å². The number of urea groups is 1. The number of nitrogens with two attached hydrogens (primary N) is 1. The maximum Gasteiger partial charge on any atom is 0.334 e. The summed E-state index contributed by atoms with van der Waals surface area (Å²) in [5.41, 5.74) is 4.97. The van der Waals surface area contributed by atoms with E-state index in [9.17, 15) is 4.79 Å². The lowest BCUT2D eigenvalue weighted by Crippen LogP contribution is -2.41. The van der Waals surface area contributed by atoms with E-state index in [4.69, 9.17) is 12.2 Å². The molecule has 0 bridgehead atoms. The van der Waals surface area contributed by atoms with Crippen LogP contribution in [0.3, 0.4) is 0 Å². The number of carbonyl (C=O) groups is 1. The Morgan fingerprint density at radius 3 is 2.90 bits per heavy atom. The Kier molecular flexibility index (Phi) is 1.50. The van der Waals surface area contributed by atoms with Gasteiger partial charge in [0.25, 0.3) is 0 Å². The number of carbonyl (C=O) groups excluding carboxylic acids is 1. The van der Waals surface area contributed by atoms with Crippen molar-refractivity contribution >= 4 is 6.03 Å². The molecule has 52 valence electrons. The van der Waals surface area contributed by atoms with E-state index in [1.54, 1.807) is 12.3 Å². The largest absolute Gasteiger partial charge is 0.350 e. The zero-order valence-electron chi connectivity index (χ0n) is 5.32. The summed E-state index contributed by atoms with van der Waals surface area (Å²) in [6.45, 7) is 0.458. The van der Waals surface area contributed by atoms with Gasteiger partial charge in [-0.1, -0.05) is 6.42 Å². The molecule has 0 fully saturated rings. The lowest BCUT2D eigenvalue weighted by atomic mass is 10.6. The molecule has 2 amide bonds. The predicted octanol–water partition coefficient (Wildman–Crippen LogP) is -0.298. The number of terminal acetylenes is 1. The zero-order valence-corrected chi connectivity index (χ0v) is 5.32. The van der Waals surface area contributed by atoms with Gasteiger partial charge in [-0.15, -0.1) is 0 Å². The van der Waals surface area contributed by atoms with Gasteiger partial charge in [-0.05, 0) is 6.08 Å². The van der Waals surface area contributed by atoms with Gasteiger partial charge in [0, 0.05) is 12.2 Å². The summed E-state index contributed by atoms with van der Waals surface area (Å²) in [6.07, 6.45) is 8.41. The highest BCUT2D eigenvalue weighted by Crippen LogP contribution is 2.04. The van der Waals surface area contributed by atoms with Crippen molar-refractivity contribution in [3.8, 4) is 12.5 Å². The summed E-state index contributed by atoms with van der Waals surface area (Å²) >= 11 is 0. The van der Waals surface area contributed by atoms with Gasteiger partial charge in [0.05, 0.1) is 6.54 Å². The number of amides is 2. The molecule has 0 saturated carbocycles. The standard InChI is InChI=1S/C6H7N3O/c1-2-8-4-3-5-9(8)6(7)10/h1,3-4H,5H2,(H2,7,10). The summed E-state index contributed by atoms with van der Waals surface area (Å²) in [4.78, 5) is 10.5. The molecule has 0 aliphatic carbocycles. The smallest absolute Gasteiger partial charge is 0.334 e. The van der Waals surface area contributed by atoms with Crippen LogP contribution in [-0.4, -0.2) is 22.6 Å². The van der Waals surface area contributed by atoms with Crippen molar-refractivity contribution in [1.82, 2.24) is 10.0 Å². The maximum atomic E-state index is 10.5. The number of primary amides is 1. The minimum Gasteiger partial charge on any atom is -0.350 e. The SMILES string of the molecule is C#CN1C=CCN1C(N)=O. The van der Waals surface area contributed by atoms with E-state index in [1.807, 2.05) is 0 Å². The summed E-state index contributed by atoms with van der Waals surface area (Å²) in [5, 5.41) is 2.56. The van der Waals surface area contributed by atoms with Crippen LogP contribution in [0.1, 0.15) is 0 Å². The summed E-state index contributed by atoms with van der Waals surface area (Å²) in [7, 11) is 0. The van der Waals surface area contributed by atoms with Crippen molar-refractivity contribution < 1.29 is 4.79 Å². The molecule has 2 N–H and O–H groups in total. The van der Waals surface area contributed by atoms with Gasteiger partial charge in [0.1, 0.15) is 0 Å². The third-order valence-electron chi connectivity index (χ3n) is 1.17. The minimum absolute atomic E-state index is 0.458. The van der Waals surface area contributed by atoms with Crippen LogP contribution in [0.4, 0.5) is 4.79 Å². The van der Waals surface area contributed by atoms with Crippen molar-refractivity contribution in [3.05, 3.63) is 12.3 Å². The Balaban J connectivity index is 2.67. The molecule has 0 aromatic heterocycles. The van der Waals surface area contributed by atoms with Gasteiger partial charge in [-0.2, -0.15) is 0 Å². The normalized spacial score (nSPS) is 15.5. The second-order valence-corrected chi connectivity index (χ2v) is 1.78. The van der Waals surface area contributed by atoms with Crippen LogP contribution < -0.4 is 5.73 Å². The van der Waals surface area contributed by atoms with Gasteiger partial charge < -0.3 is 5.73 Å². The second-order valence-electron chi connectivity index (χ2n) is 1.78. The summed E-state index contributed by atoms with van der Waals surface area (Å²) in [6, 6.07) is 1.73. The molecule has 0 atom stereocenters. The summed E-state index contributed by atoms with van der Waals surface area (Å²) in [5.74, 6) is 0. The molecule has 0 radical (unpaired) electrons. The molecule has 1 rings (SSSR count). The van der Waals surface area contributed by atoms with Gasteiger partial charge in [0.2, 0.25) is 0 Å². The molecule has 0 unspecified atom stereocenters. The molecular formula is C6H7N3O. The van der Waals surface area contributed by atoms with Crippen LogP contribution in [-0.2, 0) is 0 Å². The first-order valence-electron chi connectivity index (χ1n) is 2.74. The quantitative estimate of drug-likeness (QED) is 0.466. The van der Waals surface area contributed by atoms with Crippen LogP contribution in [0, 0.1) is 12.5 Å². The van der Waals surface area contributed by atoms with Crippen molar-refractivity contribution in [1.29, 1.82) is 0 Å². The first-order valence-corrected chi connectivity index (χ1v) is 2.74. The van der Waals surface area contributed by atoms with Crippen LogP contribution in [0.2, 0.25) is 0 Å². The summed E-state index contributed by atoms with van der Waals surface area (Å²) < 4.78 is 0. The van der Waals surface area contributed by atoms with Gasteiger partial charge in [-0.25, -0.2) is 14.8 Å². The molecule has 4 nitrogen and oxygen atoms in total. The monoisotopic (exact) mass is 137 g/mol. The Morgan fingerprint density at radius 1 is 1.80 bits per heavy atom. The number of hydrogen-bond donors (Lipinski definition) is 1. The predicted molar refractivity (Wildman–Crippen MR) is 36.1 cm³/mol. The molecular weight excluding hydrogens is 130 g/mol. The highest BCUT2D eigenvalue weighted by molar-refractivity contribution is 5.72. The fourth-order valence-electron chi connectivity index (χ4n) is 0.724. The molecule has 1 heterocycles. The van der Waals surface area contributed by atoms with Crippen molar-refractivity contribution in [2.24, 2.45) is 5.73 Å². The average molecular weight is 137 g/mol. The van der Waals surface area contributed by atoms with Crippen LogP contribution >= 0.6 is 0 Å². The lowest BCUT2D eigenvalue weighted by molar-refractivity contribution is 0.140. The average Bonchev–Trinajstić information content (AvgIpc) is 2.33. The molecule has 0 saturated heterocycles. The van der Waals surface area contributed by atoms with E-state index in [1.165, 1.54) is 10.0 Å². The Labute approximate surface area is 58.9 Å². The molecule has 10 heavy (non-hydrogen) atoms. The fourth-order valence-corrected chi connectivity index (χ4v) is 0.724. The topological polar surface area (TPSA) is 49.6 Å². The van der Waals surface area contributed by atoms with Crippen molar-refractivity contribution in [2.45, 2.75) is 0 Å². The third-order valence-corrected chi connectivity index (χ3v) is 1.17. The molecule has 0 aromatic carbocycles. The van der Waals surface area contributed by atoms with Gasteiger partial charge in [0.15, 0.2) is 0 Å². The fraction of sp³-hybridized carbons (Fsp3) is 0.167. The number of nitrogens with zero attached hydrogens (tertiary/aromatic N) is 2. The maximum absolute atomic E-state index is 10.5. The second kappa shape index (κ2) is 2.31. The Hall–Kier alpha value is -1.63. The van der Waals surface area contributed by atoms with E-state index < -0.39 is 6.03 Å². The lowest BCUT2D eigenvalue weighted by Gasteiger charge is -2.20. The van der Waals surface area contributed by atoms with Gasteiger partial charge >= 0.3 is 6.03 Å². The molecule has 1 aliphatic heterocycles. The van der Waals surface area contributed by atoms with Crippen molar-refractivity contribution in [2.75, 3.05) is 6.54 Å². The number of hydrogen-bond acceptors (Lipinski definition) is 2. The number of hydrazine groups is 1. The molecule has 4 heteroatoms. The third kappa shape index (κ3) is 0.890. The number of rotatable bonds is 0. The minimum atomic E-state index is -0.539. The van der Waals surface area contributed by atoms with E-state index in [0.29, 0.717) is 6.54 Å². The molecule has 1 aliphatic rings. The molecule has 0 aromatic rings. The van der Waals surface area contributed by atoms with E-state index >= 15 is 0 Å². The van der Waals surface area contributed by atoms with E-state index in [-0.39, 0.29) is 0 Å². The zero-order chi connectivity index (χ0) is 7.56. The van der Waals surface area contributed by atoms with Crippen LogP contribution in [0.5, 0.6) is 0 Å². The highest BCUT2D eigenvalue weighted by Gasteiger charge is 2.16.